The van der Waals surface area contributed by atoms with E-state index in [1.54, 1.807) is 26.2 Å². The maximum absolute atomic E-state index is 11.8. The second kappa shape index (κ2) is 6.16. The molecule has 1 atom stereocenters. The highest BCUT2D eigenvalue weighted by Crippen LogP contribution is 2.18. The average molecular weight is 319 g/mol. The summed E-state index contributed by atoms with van der Waals surface area (Å²) in [7, 11) is 2.09. The molecule has 0 saturated heterocycles. The Kier molecular flexibility index (Phi) is 5.14. The van der Waals surface area contributed by atoms with Crippen LogP contribution in [0.5, 0.6) is 0 Å². The molecule has 0 aliphatic carbocycles. The summed E-state index contributed by atoms with van der Waals surface area (Å²) in [4.78, 5) is 12.8. The third-order valence-electron chi connectivity index (χ3n) is 2.09. The highest BCUT2D eigenvalue weighted by atomic mass is 79.9. The number of nitrogen functional groups attached to an aromatic ring is 1. The summed E-state index contributed by atoms with van der Waals surface area (Å²) in [5.74, 6) is 0.245. The van der Waals surface area contributed by atoms with Gasteiger partial charge >= 0.3 is 0 Å². The second-order valence-corrected chi connectivity index (χ2v) is 6.28. The molecule has 0 fully saturated rings. The van der Waals surface area contributed by atoms with Gasteiger partial charge in [-0.2, -0.15) is 0 Å². The molecule has 4 nitrogen and oxygen atoms in total. The van der Waals surface area contributed by atoms with Gasteiger partial charge in [-0.3, -0.25) is 9.00 Å². The molecule has 6 heteroatoms. The molecule has 2 N–H and O–H groups in total. The van der Waals surface area contributed by atoms with Gasteiger partial charge in [-0.1, -0.05) is 15.9 Å². The number of nitrogens with zero attached hydrogens (tertiary/aromatic N) is 1. The first-order valence-electron chi connectivity index (χ1n) is 4.98. The van der Waals surface area contributed by atoms with Crippen LogP contribution in [-0.4, -0.2) is 34.9 Å². The molecular formula is C11H15BrN2O2S. The normalized spacial score (nSPS) is 12.2. The maximum atomic E-state index is 11.8. The van der Waals surface area contributed by atoms with E-state index in [9.17, 15) is 9.00 Å². The van der Waals surface area contributed by atoms with Gasteiger partial charge in [-0.15, -0.1) is 0 Å². The van der Waals surface area contributed by atoms with Gasteiger partial charge in [0, 0.05) is 40.8 Å². The molecule has 0 aliphatic rings. The fraction of sp³-hybridized carbons (Fsp3) is 0.364. The van der Waals surface area contributed by atoms with Crippen LogP contribution in [0.3, 0.4) is 0 Å². The van der Waals surface area contributed by atoms with Crippen LogP contribution < -0.4 is 5.73 Å². The van der Waals surface area contributed by atoms with Crippen LogP contribution in [0.1, 0.15) is 5.56 Å². The quantitative estimate of drug-likeness (QED) is 0.853. The molecule has 0 aliphatic heterocycles. The van der Waals surface area contributed by atoms with Crippen molar-refractivity contribution in [1.82, 2.24) is 4.90 Å². The first-order valence-corrected chi connectivity index (χ1v) is 7.26. The predicted octanol–water partition coefficient (Wildman–Crippen LogP) is 1.37. The molecule has 0 aromatic heterocycles. The van der Waals surface area contributed by atoms with Crippen LogP contribution in [0.2, 0.25) is 0 Å². The summed E-state index contributed by atoms with van der Waals surface area (Å²) < 4.78 is 12.6. The average Bonchev–Trinajstić information content (AvgIpc) is 2.14. The summed E-state index contributed by atoms with van der Waals surface area (Å²) in [6.45, 7) is 0. The molecule has 1 rings (SSSR count). The fourth-order valence-electron chi connectivity index (χ4n) is 1.26. The summed E-state index contributed by atoms with van der Waals surface area (Å²) >= 11 is 3.32. The number of amides is 1. The minimum Gasteiger partial charge on any atom is -0.399 e. The molecule has 0 spiro atoms. The lowest BCUT2D eigenvalue weighted by atomic mass is 10.2. The van der Waals surface area contributed by atoms with Crippen LogP contribution in [0.15, 0.2) is 22.7 Å². The van der Waals surface area contributed by atoms with Crippen LogP contribution in [-0.2, 0) is 21.3 Å². The van der Waals surface area contributed by atoms with Crippen molar-refractivity contribution in [1.29, 1.82) is 0 Å². The Morgan fingerprint density at radius 3 is 2.59 bits per heavy atom. The summed E-state index contributed by atoms with van der Waals surface area (Å²) in [5, 5.41) is 0. The van der Waals surface area contributed by atoms with E-state index in [0.717, 1.165) is 10.0 Å². The van der Waals surface area contributed by atoms with Gasteiger partial charge in [0.2, 0.25) is 5.91 Å². The molecule has 1 aromatic carbocycles. The Morgan fingerprint density at radius 1 is 1.41 bits per heavy atom. The van der Waals surface area contributed by atoms with E-state index in [0.29, 0.717) is 11.4 Å². The van der Waals surface area contributed by atoms with Gasteiger partial charge in [-0.05, 0) is 23.8 Å². The van der Waals surface area contributed by atoms with Gasteiger partial charge < -0.3 is 10.6 Å². The summed E-state index contributed by atoms with van der Waals surface area (Å²) in [6, 6.07) is 5.40. The number of hydrogen-bond donors (Lipinski definition) is 1. The van der Waals surface area contributed by atoms with Crippen molar-refractivity contribution >= 4 is 38.3 Å². The fourth-order valence-corrected chi connectivity index (χ4v) is 3.00. The first-order chi connectivity index (χ1) is 7.88. The zero-order chi connectivity index (χ0) is 13.0. The number of benzene rings is 1. The van der Waals surface area contributed by atoms with Crippen molar-refractivity contribution in [3.05, 3.63) is 28.2 Å². The largest absolute Gasteiger partial charge is 0.399 e. The number of rotatable bonds is 4. The number of hydrogen-bond acceptors (Lipinski definition) is 3. The standard InChI is InChI=1S/C11H15BrN2O2S/c1-14(2)11(15)7-17(16)6-8-3-9(12)5-10(13)4-8/h3-5H,6-7,13H2,1-2H3. The van der Waals surface area contributed by atoms with Crippen molar-refractivity contribution in [2.24, 2.45) is 0 Å². The van der Waals surface area contributed by atoms with Crippen LogP contribution >= 0.6 is 15.9 Å². The minimum atomic E-state index is -1.21. The van der Waals surface area contributed by atoms with Crippen LogP contribution in [0.4, 0.5) is 5.69 Å². The highest BCUT2D eigenvalue weighted by molar-refractivity contribution is 9.10. The van der Waals surface area contributed by atoms with Gasteiger partial charge in [-0.25, -0.2) is 0 Å². The Balaban J connectivity index is 2.65. The van der Waals surface area contributed by atoms with E-state index in [1.165, 1.54) is 4.90 Å². The minimum absolute atomic E-state index is 0.0411. The second-order valence-electron chi connectivity index (χ2n) is 3.91. The van der Waals surface area contributed by atoms with E-state index in [-0.39, 0.29) is 11.7 Å². The van der Waals surface area contributed by atoms with Gasteiger partial charge in [0.25, 0.3) is 0 Å². The van der Waals surface area contributed by atoms with Crippen molar-refractivity contribution in [2.75, 3.05) is 25.6 Å². The smallest absolute Gasteiger partial charge is 0.234 e. The Hall–Kier alpha value is -0.880. The summed E-state index contributed by atoms with van der Waals surface area (Å²) in [6.07, 6.45) is 0. The Labute approximate surface area is 112 Å². The lowest BCUT2D eigenvalue weighted by molar-refractivity contribution is -0.125. The number of carbonyl (C=O) groups is 1. The van der Waals surface area contributed by atoms with Crippen LogP contribution in [0, 0.1) is 0 Å². The number of halogens is 1. The molecule has 0 heterocycles. The third-order valence-corrected chi connectivity index (χ3v) is 3.77. The SMILES string of the molecule is CN(C)C(=O)CS(=O)Cc1cc(N)cc(Br)c1. The van der Waals surface area contributed by atoms with E-state index >= 15 is 0 Å². The Morgan fingerprint density at radius 2 is 2.06 bits per heavy atom. The first kappa shape index (κ1) is 14.2. The number of carbonyl (C=O) groups excluding carboxylic acids is 1. The van der Waals surface area contributed by atoms with E-state index < -0.39 is 10.8 Å². The maximum Gasteiger partial charge on any atom is 0.234 e. The molecule has 0 saturated carbocycles. The molecule has 94 valence electrons. The molecule has 0 bridgehead atoms. The molecule has 1 unspecified atom stereocenters. The lowest BCUT2D eigenvalue weighted by Gasteiger charge is -2.10. The summed E-state index contributed by atoms with van der Waals surface area (Å²) in [5.41, 5.74) is 7.16. The van der Waals surface area contributed by atoms with Crippen molar-refractivity contribution in [2.45, 2.75) is 5.75 Å². The molecule has 17 heavy (non-hydrogen) atoms. The van der Waals surface area contributed by atoms with E-state index in [4.69, 9.17) is 5.73 Å². The van der Waals surface area contributed by atoms with E-state index in [2.05, 4.69) is 15.9 Å². The van der Waals surface area contributed by atoms with Crippen LogP contribution in [0.25, 0.3) is 0 Å². The molecular weight excluding hydrogens is 304 g/mol. The van der Waals surface area contributed by atoms with Gasteiger partial charge in [0.1, 0.15) is 5.75 Å². The molecule has 1 aromatic rings. The lowest BCUT2D eigenvalue weighted by Crippen LogP contribution is -2.27. The predicted molar refractivity (Wildman–Crippen MR) is 74.0 cm³/mol. The zero-order valence-corrected chi connectivity index (χ0v) is 12.2. The zero-order valence-electron chi connectivity index (χ0n) is 9.77. The van der Waals surface area contributed by atoms with Gasteiger partial charge in [0.05, 0.1) is 0 Å². The number of anilines is 1. The van der Waals surface area contributed by atoms with Crippen molar-refractivity contribution < 1.29 is 9.00 Å². The van der Waals surface area contributed by atoms with Crippen molar-refractivity contribution in [3.8, 4) is 0 Å². The molecule has 0 radical (unpaired) electrons. The van der Waals surface area contributed by atoms with Crippen molar-refractivity contribution in [3.63, 3.8) is 0 Å². The highest BCUT2D eigenvalue weighted by Gasteiger charge is 2.10. The molecule has 1 amide bonds. The van der Waals surface area contributed by atoms with Gasteiger partial charge in [0.15, 0.2) is 0 Å². The monoisotopic (exact) mass is 318 g/mol. The number of nitrogens with two attached hydrogens (primary N) is 1. The third kappa shape index (κ3) is 4.87. The van der Waals surface area contributed by atoms with E-state index in [1.807, 2.05) is 6.07 Å². The Bertz CT molecular complexity index is 429. The topological polar surface area (TPSA) is 63.4 Å².